The molecule has 0 unspecified atom stereocenters. The fourth-order valence-corrected chi connectivity index (χ4v) is 6.58. The molecule has 9 rings (SSSR count). The third-order valence-electron chi connectivity index (χ3n) is 8.55. The lowest BCUT2D eigenvalue weighted by Gasteiger charge is -2.12. The maximum Gasteiger partial charge on any atom is 0.160 e. The number of rotatable bonds is 4. The van der Waals surface area contributed by atoms with Crippen molar-refractivity contribution in [1.82, 2.24) is 19.1 Å². The maximum atomic E-state index is 5.14. The molecule has 9 aromatic rings. The molecular formula is C40H26N4. The van der Waals surface area contributed by atoms with Crippen molar-refractivity contribution >= 4 is 43.6 Å². The van der Waals surface area contributed by atoms with Gasteiger partial charge in [0.2, 0.25) is 0 Å². The van der Waals surface area contributed by atoms with E-state index in [2.05, 4.69) is 149 Å². The van der Waals surface area contributed by atoms with E-state index >= 15 is 0 Å². The highest BCUT2D eigenvalue weighted by molar-refractivity contribution is 6.21. The number of fused-ring (bicyclic) bond motifs is 6. The molecule has 0 aliphatic carbocycles. The fourth-order valence-electron chi connectivity index (χ4n) is 6.58. The Morgan fingerprint density at radius 2 is 1.09 bits per heavy atom. The zero-order valence-corrected chi connectivity index (χ0v) is 23.8. The average molecular weight is 563 g/mol. The Labute approximate surface area is 254 Å². The zero-order valence-electron chi connectivity index (χ0n) is 23.8. The van der Waals surface area contributed by atoms with Gasteiger partial charge in [0.15, 0.2) is 5.82 Å². The summed E-state index contributed by atoms with van der Waals surface area (Å²) >= 11 is 0. The van der Waals surface area contributed by atoms with Crippen molar-refractivity contribution in [2.75, 3.05) is 0 Å². The van der Waals surface area contributed by atoms with Crippen molar-refractivity contribution in [3.8, 4) is 34.0 Å². The number of hydrogen-bond donors (Lipinski definition) is 0. The second-order valence-corrected chi connectivity index (χ2v) is 11.1. The Morgan fingerprint density at radius 1 is 0.432 bits per heavy atom. The van der Waals surface area contributed by atoms with Crippen LogP contribution in [0.25, 0.3) is 77.6 Å². The fraction of sp³-hybridized carbons (Fsp3) is 0. The van der Waals surface area contributed by atoms with Gasteiger partial charge in [0.05, 0.1) is 27.8 Å². The number of hydrogen-bond acceptors (Lipinski definition) is 2. The summed E-state index contributed by atoms with van der Waals surface area (Å²) < 4.78 is 4.63. The molecule has 44 heavy (non-hydrogen) atoms. The second-order valence-electron chi connectivity index (χ2n) is 11.1. The molecule has 0 bridgehead atoms. The Bertz CT molecular complexity index is 2490. The molecule has 0 aliphatic rings. The number of benzene rings is 6. The highest BCUT2D eigenvalue weighted by atomic mass is 15.0. The summed E-state index contributed by atoms with van der Waals surface area (Å²) in [6.45, 7) is 0. The molecule has 0 fully saturated rings. The zero-order chi connectivity index (χ0) is 29.0. The van der Waals surface area contributed by atoms with E-state index in [9.17, 15) is 0 Å². The predicted octanol–water partition coefficient (Wildman–Crippen LogP) is 10.0. The van der Waals surface area contributed by atoms with E-state index in [4.69, 9.17) is 9.97 Å². The lowest BCUT2D eigenvalue weighted by atomic mass is 10.1. The largest absolute Gasteiger partial charge is 0.317 e. The van der Waals surface area contributed by atoms with Crippen molar-refractivity contribution in [1.29, 1.82) is 0 Å². The van der Waals surface area contributed by atoms with Crippen LogP contribution in [0.15, 0.2) is 158 Å². The van der Waals surface area contributed by atoms with Crippen LogP contribution in [-0.2, 0) is 0 Å². The van der Waals surface area contributed by atoms with Gasteiger partial charge in [-0.15, -0.1) is 0 Å². The Hall–Kier alpha value is -6.00. The molecule has 3 aromatic heterocycles. The van der Waals surface area contributed by atoms with Gasteiger partial charge in [-0.05, 0) is 54.6 Å². The standard InChI is InChI=1S/C40H26N4/c1-3-12-27(13-4-1)39-31-18-7-9-20-34(31)41-40(42-39)28-14-11-17-30(26-28)44-36-21-10-8-19-32(36)38-33-24-25-43(29-15-5-2-6-16-29)35(33)22-23-37(38)44/h1-26H. The molecule has 3 heterocycles. The lowest BCUT2D eigenvalue weighted by molar-refractivity contribution is 1.13. The number of nitrogens with zero attached hydrogens (tertiary/aromatic N) is 4. The van der Waals surface area contributed by atoms with Gasteiger partial charge in [0.25, 0.3) is 0 Å². The molecular weight excluding hydrogens is 536 g/mol. The van der Waals surface area contributed by atoms with Crippen molar-refractivity contribution in [2.45, 2.75) is 0 Å². The molecule has 0 saturated heterocycles. The van der Waals surface area contributed by atoms with Gasteiger partial charge in [-0.3, -0.25) is 0 Å². The van der Waals surface area contributed by atoms with Gasteiger partial charge in [0, 0.05) is 50.2 Å². The first-order valence-corrected chi connectivity index (χ1v) is 14.9. The van der Waals surface area contributed by atoms with Crippen LogP contribution in [0.2, 0.25) is 0 Å². The minimum Gasteiger partial charge on any atom is -0.317 e. The average Bonchev–Trinajstić information content (AvgIpc) is 3.68. The van der Waals surface area contributed by atoms with Gasteiger partial charge in [0.1, 0.15) is 0 Å². The Kier molecular flexibility index (Phi) is 5.47. The SMILES string of the molecule is c1ccc(-c2nc(-c3cccc(-n4c5ccccc5c5c6ccn(-c7ccccc7)c6ccc54)c3)nc3ccccc23)cc1. The summed E-state index contributed by atoms with van der Waals surface area (Å²) in [7, 11) is 0. The van der Waals surface area contributed by atoms with Crippen molar-refractivity contribution < 1.29 is 0 Å². The molecule has 0 radical (unpaired) electrons. The summed E-state index contributed by atoms with van der Waals surface area (Å²) in [6.07, 6.45) is 2.17. The normalized spacial score (nSPS) is 11.6. The first-order chi connectivity index (χ1) is 21.8. The monoisotopic (exact) mass is 562 g/mol. The second kappa shape index (κ2) is 9.79. The molecule has 0 aliphatic heterocycles. The van der Waals surface area contributed by atoms with E-state index in [-0.39, 0.29) is 0 Å². The molecule has 0 amide bonds. The van der Waals surface area contributed by atoms with Crippen LogP contribution in [0.3, 0.4) is 0 Å². The number of aromatic nitrogens is 4. The van der Waals surface area contributed by atoms with Crippen LogP contribution in [0.4, 0.5) is 0 Å². The minimum absolute atomic E-state index is 0.715. The van der Waals surface area contributed by atoms with Crippen molar-refractivity contribution in [3.63, 3.8) is 0 Å². The molecule has 6 aromatic carbocycles. The van der Waals surface area contributed by atoms with E-state index in [0.29, 0.717) is 5.82 Å². The molecule has 0 N–H and O–H groups in total. The molecule has 206 valence electrons. The van der Waals surface area contributed by atoms with Gasteiger partial charge < -0.3 is 9.13 Å². The van der Waals surface area contributed by atoms with Crippen LogP contribution < -0.4 is 0 Å². The first kappa shape index (κ1) is 24.6. The lowest BCUT2D eigenvalue weighted by Crippen LogP contribution is -1.98. The van der Waals surface area contributed by atoms with Crippen LogP contribution in [-0.4, -0.2) is 19.1 Å². The van der Waals surface area contributed by atoms with Crippen LogP contribution in [0, 0.1) is 0 Å². The smallest absolute Gasteiger partial charge is 0.160 e. The van der Waals surface area contributed by atoms with Crippen LogP contribution in [0.5, 0.6) is 0 Å². The maximum absolute atomic E-state index is 5.14. The van der Waals surface area contributed by atoms with Crippen molar-refractivity contribution in [3.05, 3.63) is 158 Å². The Morgan fingerprint density at radius 3 is 1.95 bits per heavy atom. The summed E-state index contributed by atoms with van der Waals surface area (Å²) in [6, 6.07) is 53.2. The van der Waals surface area contributed by atoms with Gasteiger partial charge >= 0.3 is 0 Å². The first-order valence-electron chi connectivity index (χ1n) is 14.9. The summed E-state index contributed by atoms with van der Waals surface area (Å²) in [5, 5.41) is 4.78. The van der Waals surface area contributed by atoms with E-state index in [0.717, 1.165) is 39.1 Å². The third-order valence-corrected chi connectivity index (χ3v) is 8.55. The van der Waals surface area contributed by atoms with Gasteiger partial charge in [-0.25, -0.2) is 9.97 Å². The summed E-state index contributed by atoms with van der Waals surface area (Å²) in [5.41, 5.74) is 9.71. The summed E-state index contributed by atoms with van der Waals surface area (Å²) in [5.74, 6) is 0.715. The minimum atomic E-state index is 0.715. The van der Waals surface area contributed by atoms with Gasteiger partial charge in [-0.1, -0.05) is 97.1 Å². The van der Waals surface area contributed by atoms with E-state index in [1.165, 1.54) is 32.7 Å². The topological polar surface area (TPSA) is 35.6 Å². The van der Waals surface area contributed by atoms with E-state index < -0.39 is 0 Å². The molecule has 4 nitrogen and oxygen atoms in total. The van der Waals surface area contributed by atoms with E-state index in [1.807, 2.05) is 18.2 Å². The quantitative estimate of drug-likeness (QED) is 0.214. The third kappa shape index (κ3) is 3.78. The van der Waals surface area contributed by atoms with Crippen LogP contribution in [0.1, 0.15) is 0 Å². The number of para-hydroxylation sites is 3. The van der Waals surface area contributed by atoms with Gasteiger partial charge in [-0.2, -0.15) is 0 Å². The molecule has 0 saturated carbocycles. The molecule has 0 spiro atoms. The molecule has 4 heteroatoms. The Balaban J connectivity index is 1.26. The molecule has 0 atom stereocenters. The van der Waals surface area contributed by atoms with Crippen molar-refractivity contribution in [2.24, 2.45) is 0 Å². The van der Waals surface area contributed by atoms with Crippen LogP contribution >= 0.6 is 0 Å². The highest BCUT2D eigenvalue weighted by Crippen LogP contribution is 2.38. The highest BCUT2D eigenvalue weighted by Gasteiger charge is 2.18. The summed E-state index contributed by atoms with van der Waals surface area (Å²) in [4.78, 5) is 10.2. The predicted molar refractivity (Wildman–Crippen MR) is 182 cm³/mol. The van der Waals surface area contributed by atoms with E-state index in [1.54, 1.807) is 0 Å².